The van der Waals surface area contributed by atoms with Crippen LogP contribution in [-0.2, 0) is 0 Å². The highest BCUT2D eigenvalue weighted by Gasteiger charge is 2.34. The number of hydrogen-bond donors (Lipinski definition) is 2. The first-order valence-corrected chi connectivity index (χ1v) is 7.32. The summed E-state index contributed by atoms with van der Waals surface area (Å²) in [6.45, 7) is 1.92. The summed E-state index contributed by atoms with van der Waals surface area (Å²) in [5.41, 5.74) is 1.65. The minimum Gasteiger partial charge on any atom is -0.349 e. The van der Waals surface area contributed by atoms with Crippen LogP contribution in [0.4, 0.5) is 0 Å². The number of carbonyl (C=O) groups is 1. The van der Waals surface area contributed by atoms with Gasteiger partial charge in [0.15, 0.2) is 0 Å². The van der Waals surface area contributed by atoms with E-state index >= 15 is 0 Å². The van der Waals surface area contributed by atoms with Crippen LogP contribution in [0.2, 0.25) is 5.02 Å². The fraction of sp³-hybridized carbons (Fsp3) is 0.533. The zero-order valence-electron chi connectivity index (χ0n) is 11.5. The molecular formula is C15H20Cl2N2O. The van der Waals surface area contributed by atoms with Gasteiger partial charge in [-0.15, -0.1) is 12.4 Å². The Balaban J connectivity index is 0.00000147. The van der Waals surface area contributed by atoms with Gasteiger partial charge in [0.2, 0.25) is 0 Å². The van der Waals surface area contributed by atoms with E-state index in [4.69, 9.17) is 11.6 Å². The van der Waals surface area contributed by atoms with Crippen molar-refractivity contribution in [3.63, 3.8) is 0 Å². The van der Waals surface area contributed by atoms with Gasteiger partial charge in [0, 0.05) is 28.7 Å². The van der Waals surface area contributed by atoms with Crippen LogP contribution in [-0.4, -0.2) is 24.0 Å². The van der Waals surface area contributed by atoms with Crippen molar-refractivity contribution in [3.05, 3.63) is 34.3 Å². The molecule has 2 bridgehead atoms. The summed E-state index contributed by atoms with van der Waals surface area (Å²) in [4.78, 5) is 12.2. The number of rotatable bonds is 2. The molecule has 5 heteroatoms. The molecule has 2 atom stereocenters. The fourth-order valence-electron chi connectivity index (χ4n) is 3.23. The highest BCUT2D eigenvalue weighted by Crippen LogP contribution is 2.27. The number of carbonyl (C=O) groups excluding carboxylic acids is 1. The molecule has 0 spiro atoms. The zero-order valence-corrected chi connectivity index (χ0v) is 13.1. The van der Waals surface area contributed by atoms with Gasteiger partial charge >= 0.3 is 0 Å². The van der Waals surface area contributed by atoms with Crippen molar-refractivity contribution in [1.29, 1.82) is 0 Å². The number of aryl methyl sites for hydroxylation is 1. The van der Waals surface area contributed by atoms with Gasteiger partial charge in [-0.2, -0.15) is 0 Å². The summed E-state index contributed by atoms with van der Waals surface area (Å²) in [5.74, 6) is 0.0195. The van der Waals surface area contributed by atoms with Crippen LogP contribution in [0.5, 0.6) is 0 Å². The molecule has 2 N–H and O–H groups in total. The van der Waals surface area contributed by atoms with E-state index in [1.54, 1.807) is 12.1 Å². The molecule has 2 fully saturated rings. The first-order chi connectivity index (χ1) is 9.11. The maximum Gasteiger partial charge on any atom is 0.251 e. The van der Waals surface area contributed by atoms with Gasteiger partial charge in [0.05, 0.1) is 0 Å². The molecule has 110 valence electrons. The Kier molecular flexibility index (Phi) is 4.95. The summed E-state index contributed by atoms with van der Waals surface area (Å²) in [7, 11) is 0. The smallest absolute Gasteiger partial charge is 0.251 e. The second-order valence-electron chi connectivity index (χ2n) is 5.74. The van der Waals surface area contributed by atoms with E-state index in [9.17, 15) is 4.79 Å². The average Bonchev–Trinajstić information content (AvgIpc) is 2.72. The number of halogens is 2. The van der Waals surface area contributed by atoms with Crippen LogP contribution < -0.4 is 10.6 Å². The first-order valence-electron chi connectivity index (χ1n) is 6.95. The normalized spacial score (nSPS) is 27.8. The quantitative estimate of drug-likeness (QED) is 0.880. The maximum absolute atomic E-state index is 12.2. The van der Waals surface area contributed by atoms with Crippen LogP contribution in [0.25, 0.3) is 0 Å². The van der Waals surface area contributed by atoms with E-state index in [-0.39, 0.29) is 18.3 Å². The van der Waals surface area contributed by atoms with Crippen molar-refractivity contribution < 1.29 is 4.79 Å². The topological polar surface area (TPSA) is 41.1 Å². The zero-order chi connectivity index (χ0) is 13.4. The molecule has 20 heavy (non-hydrogen) atoms. The summed E-state index contributed by atoms with van der Waals surface area (Å²) in [6.07, 6.45) is 4.60. The van der Waals surface area contributed by atoms with E-state index < -0.39 is 0 Å². The minimum absolute atomic E-state index is 0. The Labute approximate surface area is 130 Å². The second kappa shape index (κ2) is 6.33. The van der Waals surface area contributed by atoms with Crippen molar-refractivity contribution in [1.82, 2.24) is 10.6 Å². The molecule has 1 amide bonds. The van der Waals surface area contributed by atoms with Crippen LogP contribution in [0.3, 0.4) is 0 Å². The average molecular weight is 315 g/mol. The molecule has 2 heterocycles. The van der Waals surface area contributed by atoms with Gasteiger partial charge in [-0.3, -0.25) is 4.79 Å². The van der Waals surface area contributed by atoms with E-state index in [1.165, 1.54) is 12.8 Å². The molecule has 0 saturated carbocycles. The Morgan fingerprint density at radius 2 is 1.95 bits per heavy atom. The predicted octanol–water partition coefficient (Wildman–Crippen LogP) is 3.08. The van der Waals surface area contributed by atoms with Gasteiger partial charge < -0.3 is 10.6 Å². The molecule has 1 aromatic carbocycles. The lowest BCUT2D eigenvalue weighted by molar-refractivity contribution is 0.0924. The summed E-state index contributed by atoms with van der Waals surface area (Å²) >= 11 is 5.98. The Morgan fingerprint density at radius 3 is 2.55 bits per heavy atom. The van der Waals surface area contributed by atoms with Gasteiger partial charge in [-0.1, -0.05) is 11.6 Å². The second-order valence-corrected chi connectivity index (χ2v) is 6.15. The largest absolute Gasteiger partial charge is 0.349 e. The van der Waals surface area contributed by atoms with Crippen LogP contribution >= 0.6 is 24.0 Å². The number of benzene rings is 1. The third-order valence-corrected chi connectivity index (χ3v) is 4.65. The molecule has 2 saturated heterocycles. The SMILES string of the molecule is Cc1cc(C(=O)NC2CC3CCC(C2)N3)ccc1Cl.Cl. The third-order valence-electron chi connectivity index (χ3n) is 4.23. The maximum atomic E-state index is 12.2. The Bertz CT molecular complexity index is 495. The first kappa shape index (κ1) is 15.6. The highest BCUT2D eigenvalue weighted by atomic mass is 35.5. The summed E-state index contributed by atoms with van der Waals surface area (Å²) in [5, 5.41) is 7.45. The van der Waals surface area contributed by atoms with Gasteiger partial charge in [-0.05, 0) is 56.4 Å². The number of nitrogens with one attached hydrogen (secondary N) is 2. The molecule has 2 aliphatic heterocycles. The molecule has 1 aromatic rings. The van der Waals surface area contributed by atoms with E-state index in [0.29, 0.717) is 28.7 Å². The van der Waals surface area contributed by atoms with E-state index in [2.05, 4.69) is 10.6 Å². The molecular weight excluding hydrogens is 295 g/mol. The summed E-state index contributed by atoms with van der Waals surface area (Å²) in [6, 6.07) is 6.93. The van der Waals surface area contributed by atoms with Crippen molar-refractivity contribution >= 4 is 29.9 Å². The van der Waals surface area contributed by atoms with Gasteiger partial charge in [0.25, 0.3) is 5.91 Å². The molecule has 0 aliphatic carbocycles. The van der Waals surface area contributed by atoms with Crippen molar-refractivity contribution in [2.45, 2.75) is 50.7 Å². The number of piperidine rings is 1. The molecule has 3 nitrogen and oxygen atoms in total. The Hall–Kier alpha value is -0.770. The van der Waals surface area contributed by atoms with Crippen LogP contribution in [0.1, 0.15) is 41.6 Å². The fourth-order valence-corrected chi connectivity index (χ4v) is 3.35. The predicted molar refractivity (Wildman–Crippen MR) is 83.9 cm³/mol. The molecule has 2 aliphatic rings. The lowest BCUT2D eigenvalue weighted by atomic mass is 9.99. The molecule has 0 radical (unpaired) electrons. The molecule has 2 unspecified atom stereocenters. The molecule has 0 aromatic heterocycles. The van der Waals surface area contributed by atoms with Crippen LogP contribution in [0.15, 0.2) is 18.2 Å². The van der Waals surface area contributed by atoms with Crippen molar-refractivity contribution in [2.24, 2.45) is 0 Å². The van der Waals surface area contributed by atoms with Gasteiger partial charge in [0.1, 0.15) is 0 Å². The summed E-state index contributed by atoms with van der Waals surface area (Å²) < 4.78 is 0. The standard InChI is InChI=1S/C15H19ClN2O.ClH/c1-9-6-10(2-5-14(9)16)15(19)18-13-7-11-3-4-12(8-13)17-11;/h2,5-6,11-13,17H,3-4,7-8H2,1H3,(H,18,19);1H. The lowest BCUT2D eigenvalue weighted by Gasteiger charge is -2.29. The number of amides is 1. The Morgan fingerprint density at radius 1 is 1.30 bits per heavy atom. The van der Waals surface area contributed by atoms with Crippen LogP contribution in [0, 0.1) is 6.92 Å². The van der Waals surface area contributed by atoms with Gasteiger partial charge in [-0.25, -0.2) is 0 Å². The lowest BCUT2D eigenvalue weighted by Crippen LogP contribution is -2.48. The third kappa shape index (κ3) is 3.27. The van der Waals surface area contributed by atoms with E-state index in [1.807, 2.05) is 13.0 Å². The monoisotopic (exact) mass is 314 g/mol. The highest BCUT2D eigenvalue weighted by molar-refractivity contribution is 6.31. The van der Waals surface area contributed by atoms with Crippen molar-refractivity contribution in [2.75, 3.05) is 0 Å². The number of hydrogen-bond acceptors (Lipinski definition) is 2. The van der Waals surface area contributed by atoms with E-state index in [0.717, 1.165) is 18.4 Å². The van der Waals surface area contributed by atoms with Crippen molar-refractivity contribution in [3.8, 4) is 0 Å². The number of fused-ring (bicyclic) bond motifs is 2. The molecule has 3 rings (SSSR count). The minimum atomic E-state index is 0.